The Kier molecular flexibility index (Phi) is 4.45. The molecule has 1 unspecified atom stereocenters. The molecule has 1 heterocycles. The molecule has 1 fully saturated rings. The second kappa shape index (κ2) is 5.94. The minimum atomic E-state index is -0.298. The summed E-state index contributed by atoms with van der Waals surface area (Å²) in [4.78, 5) is 14.4. The molecule has 0 bridgehead atoms. The molecule has 2 atom stereocenters. The molecule has 0 spiro atoms. The van der Waals surface area contributed by atoms with Crippen LogP contribution in [0.1, 0.15) is 30.0 Å². The van der Waals surface area contributed by atoms with E-state index in [0.717, 1.165) is 29.8 Å². The first-order valence-corrected chi connectivity index (χ1v) is 7.19. The number of rotatable bonds is 3. The first-order valence-electron chi connectivity index (χ1n) is 7.19. The van der Waals surface area contributed by atoms with Crippen molar-refractivity contribution >= 4 is 11.6 Å². The number of benzene rings is 1. The maximum Gasteiger partial charge on any atom is 0.241 e. The fraction of sp³-hybridized carbons (Fsp3) is 0.562. The smallest absolute Gasteiger partial charge is 0.241 e. The van der Waals surface area contributed by atoms with Gasteiger partial charge in [0.2, 0.25) is 5.91 Å². The second-order valence-electron chi connectivity index (χ2n) is 5.88. The van der Waals surface area contributed by atoms with Crippen molar-refractivity contribution in [2.45, 2.75) is 46.3 Å². The number of nitrogens with zero attached hydrogens (tertiary/aromatic N) is 1. The molecule has 1 aliphatic rings. The number of aryl methyl sites for hydroxylation is 3. The molecule has 0 saturated carbocycles. The van der Waals surface area contributed by atoms with Crippen LogP contribution >= 0.6 is 0 Å². The zero-order valence-corrected chi connectivity index (χ0v) is 12.7. The third kappa shape index (κ3) is 3.19. The van der Waals surface area contributed by atoms with Crippen LogP contribution < -0.4 is 5.32 Å². The molecular weight excluding hydrogens is 252 g/mol. The van der Waals surface area contributed by atoms with Gasteiger partial charge in [-0.05, 0) is 45.2 Å². The number of carbonyl (C=O) groups excluding carboxylic acids is 1. The molecule has 1 amide bonds. The van der Waals surface area contributed by atoms with Gasteiger partial charge in [0, 0.05) is 18.8 Å². The summed E-state index contributed by atoms with van der Waals surface area (Å²) in [7, 11) is 0. The number of nitrogens with one attached hydrogen (secondary N) is 1. The predicted octanol–water partition coefficient (Wildman–Crippen LogP) is 2.01. The summed E-state index contributed by atoms with van der Waals surface area (Å²) in [6, 6.07) is 3.94. The fourth-order valence-electron chi connectivity index (χ4n) is 2.89. The summed E-state index contributed by atoms with van der Waals surface area (Å²) in [6.45, 7) is 9.34. The van der Waals surface area contributed by atoms with Gasteiger partial charge in [0.1, 0.15) is 0 Å². The van der Waals surface area contributed by atoms with Crippen LogP contribution in [-0.4, -0.2) is 41.1 Å². The Labute approximate surface area is 120 Å². The van der Waals surface area contributed by atoms with Crippen molar-refractivity contribution in [2.24, 2.45) is 0 Å². The van der Waals surface area contributed by atoms with Crippen LogP contribution in [0.25, 0.3) is 0 Å². The summed E-state index contributed by atoms with van der Waals surface area (Å²) < 4.78 is 0. The number of carbonyl (C=O) groups is 1. The Morgan fingerprint density at radius 1 is 1.35 bits per heavy atom. The standard InChI is InChI=1S/C16H24N2O2/c1-10-7-11(2)15(12(3)8-10)17-16(20)13(4)18-6-5-14(19)9-18/h7-8,13-14,19H,5-6,9H2,1-4H3,(H,17,20)/t13?,14-/m0/s1. The highest BCUT2D eigenvalue weighted by Crippen LogP contribution is 2.23. The number of β-amino-alcohol motifs (C(OH)–C–C–N with tert-alkyl or cyclic N) is 1. The van der Waals surface area contributed by atoms with Gasteiger partial charge >= 0.3 is 0 Å². The van der Waals surface area contributed by atoms with Gasteiger partial charge in [-0.2, -0.15) is 0 Å². The highest BCUT2D eigenvalue weighted by atomic mass is 16.3. The molecule has 1 aromatic rings. The molecule has 2 N–H and O–H groups in total. The highest BCUT2D eigenvalue weighted by molar-refractivity contribution is 5.96. The van der Waals surface area contributed by atoms with E-state index in [1.54, 1.807) is 0 Å². The zero-order valence-electron chi connectivity index (χ0n) is 12.7. The quantitative estimate of drug-likeness (QED) is 0.888. The maximum atomic E-state index is 12.4. The molecule has 4 heteroatoms. The zero-order chi connectivity index (χ0) is 14.9. The molecule has 110 valence electrons. The lowest BCUT2D eigenvalue weighted by Gasteiger charge is -2.24. The minimum Gasteiger partial charge on any atom is -0.392 e. The Morgan fingerprint density at radius 2 is 1.95 bits per heavy atom. The number of aliphatic hydroxyl groups is 1. The van der Waals surface area contributed by atoms with Crippen molar-refractivity contribution < 1.29 is 9.90 Å². The van der Waals surface area contributed by atoms with E-state index < -0.39 is 0 Å². The average molecular weight is 276 g/mol. The van der Waals surface area contributed by atoms with Crippen molar-refractivity contribution in [1.82, 2.24) is 4.90 Å². The number of likely N-dealkylation sites (tertiary alicyclic amines) is 1. The SMILES string of the molecule is Cc1cc(C)c(NC(=O)C(C)N2CC[C@H](O)C2)c(C)c1. The van der Waals surface area contributed by atoms with E-state index in [9.17, 15) is 9.90 Å². The molecular formula is C16H24N2O2. The van der Waals surface area contributed by atoms with Crippen LogP contribution in [-0.2, 0) is 4.79 Å². The van der Waals surface area contributed by atoms with Gasteiger partial charge in [-0.15, -0.1) is 0 Å². The minimum absolute atomic E-state index is 0.00541. The Bertz CT molecular complexity index is 490. The summed E-state index contributed by atoms with van der Waals surface area (Å²) >= 11 is 0. The van der Waals surface area contributed by atoms with Crippen molar-refractivity contribution in [3.8, 4) is 0 Å². The van der Waals surface area contributed by atoms with E-state index in [2.05, 4.69) is 24.4 Å². The van der Waals surface area contributed by atoms with E-state index in [1.807, 2.05) is 25.7 Å². The van der Waals surface area contributed by atoms with Gasteiger partial charge in [-0.25, -0.2) is 0 Å². The fourth-order valence-corrected chi connectivity index (χ4v) is 2.89. The van der Waals surface area contributed by atoms with Crippen molar-refractivity contribution in [3.05, 3.63) is 28.8 Å². The molecule has 2 rings (SSSR count). The number of amides is 1. The summed E-state index contributed by atoms with van der Waals surface area (Å²) in [5.41, 5.74) is 4.29. The molecule has 1 aromatic carbocycles. The maximum absolute atomic E-state index is 12.4. The van der Waals surface area contributed by atoms with Crippen LogP contribution in [0.4, 0.5) is 5.69 Å². The van der Waals surface area contributed by atoms with Gasteiger partial charge < -0.3 is 10.4 Å². The lowest BCUT2D eigenvalue weighted by atomic mass is 10.0. The Morgan fingerprint density at radius 3 is 2.45 bits per heavy atom. The van der Waals surface area contributed by atoms with Crippen LogP contribution in [0.15, 0.2) is 12.1 Å². The molecule has 20 heavy (non-hydrogen) atoms. The molecule has 1 aliphatic heterocycles. The van der Waals surface area contributed by atoms with E-state index in [-0.39, 0.29) is 18.1 Å². The highest BCUT2D eigenvalue weighted by Gasteiger charge is 2.28. The van der Waals surface area contributed by atoms with Crippen molar-refractivity contribution in [1.29, 1.82) is 0 Å². The Hall–Kier alpha value is -1.39. The topological polar surface area (TPSA) is 52.6 Å². The number of anilines is 1. The van der Waals surface area contributed by atoms with Gasteiger partial charge in [0.25, 0.3) is 0 Å². The molecule has 0 radical (unpaired) electrons. The van der Waals surface area contributed by atoms with Gasteiger partial charge in [-0.1, -0.05) is 17.7 Å². The van der Waals surface area contributed by atoms with E-state index in [0.29, 0.717) is 6.54 Å². The normalized spacial score (nSPS) is 20.9. The Balaban J connectivity index is 2.08. The van der Waals surface area contributed by atoms with Crippen LogP contribution in [0.5, 0.6) is 0 Å². The van der Waals surface area contributed by atoms with Gasteiger partial charge in [0.15, 0.2) is 0 Å². The average Bonchev–Trinajstić information content (AvgIpc) is 2.79. The first kappa shape index (κ1) is 15.0. The monoisotopic (exact) mass is 276 g/mol. The van der Waals surface area contributed by atoms with Crippen LogP contribution in [0.3, 0.4) is 0 Å². The van der Waals surface area contributed by atoms with E-state index in [1.165, 1.54) is 5.56 Å². The van der Waals surface area contributed by atoms with Crippen molar-refractivity contribution in [3.63, 3.8) is 0 Å². The van der Waals surface area contributed by atoms with E-state index >= 15 is 0 Å². The van der Waals surface area contributed by atoms with Crippen LogP contribution in [0.2, 0.25) is 0 Å². The van der Waals surface area contributed by atoms with Crippen molar-refractivity contribution in [2.75, 3.05) is 18.4 Å². The molecule has 0 aromatic heterocycles. The third-order valence-electron chi connectivity index (χ3n) is 4.05. The summed E-state index contributed by atoms with van der Waals surface area (Å²) in [6.07, 6.45) is 0.452. The van der Waals surface area contributed by atoms with Crippen LogP contribution in [0, 0.1) is 20.8 Å². The predicted molar refractivity (Wildman–Crippen MR) is 80.9 cm³/mol. The number of hydrogen-bond donors (Lipinski definition) is 2. The lowest BCUT2D eigenvalue weighted by molar-refractivity contribution is -0.120. The van der Waals surface area contributed by atoms with Gasteiger partial charge in [-0.3, -0.25) is 9.69 Å². The van der Waals surface area contributed by atoms with E-state index in [4.69, 9.17) is 0 Å². The first-order chi connectivity index (χ1) is 9.38. The molecule has 4 nitrogen and oxygen atoms in total. The molecule has 0 aliphatic carbocycles. The largest absolute Gasteiger partial charge is 0.392 e. The molecule has 1 saturated heterocycles. The number of hydrogen-bond acceptors (Lipinski definition) is 3. The second-order valence-corrected chi connectivity index (χ2v) is 5.88. The lowest BCUT2D eigenvalue weighted by Crippen LogP contribution is -2.41. The summed E-state index contributed by atoms with van der Waals surface area (Å²) in [5.74, 6) is -0.00541. The summed E-state index contributed by atoms with van der Waals surface area (Å²) in [5, 5.41) is 12.6. The number of aliphatic hydroxyl groups excluding tert-OH is 1. The van der Waals surface area contributed by atoms with Gasteiger partial charge in [0.05, 0.1) is 12.1 Å². The third-order valence-corrected chi connectivity index (χ3v) is 4.05.